The van der Waals surface area contributed by atoms with E-state index in [0.29, 0.717) is 19.6 Å². The van der Waals surface area contributed by atoms with Gasteiger partial charge in [0, 0.05) is 19.5 Å². The average molecular weight is 299 g/mol. The molecule has 21 heavy (non-hydrogen) atoms. The highest BCUT2D eigenvalue weighted by Crippen LogP contribution is 2.09. The monoisotopic (exact) mass is 299 g/mol. The van der Waals surface area contributed by atoms with Crippen LogP contribution in [0.4, 0.5) is 5.69 Å². The normalized spacial score (nSPS) is 16.0. The van der Waals surface area contributed by atoms with Gasteiger partial charge in [-0.25, -0.2) is 4.79 Å². The molecule has 0 spiro atoms. The predicted molar refractivity (Wildman–Crippen MR) is 72.2 cm³/mol. The number of rotatable bonds is 5. The summed E-state index contributed by atoms with van der Waals surface area (Å²) in [5.41, 5.74) is -2.07. The number of nitro groups is 1. The molecular formula is C12H17N3O6. The first-order valence-electron chi connectivity index (χ1n) is 6.76. The van der Waals surface area contributed by atoms with Crippen molar-refractivity contribution in [1.29, 1.82) is 0 Å². The summed E-state index contributed by atoms with van der Waals surface area (Å²) in [4.78, 5) is 34.2. The Morgan fingerprint density at radius 2 is 2.05 bits per heavy atom. The fourth-order valence-electron chi connectivity index (χ4n) is 2.12. The second-order valence-corrected chi connectivity index (χ2v) is 4.61. The summed E-state index contributed by atoms with van der Waals surface area (Å²) < 4.78 is 12.7. The van der Waals surface area contributed by atoms with Crippen LogP contribution in [-0.4, -0.2) is 33.6 Å². The predicted octanol–water partition coefficient (Wildman–Crippen LogP) is 0.0912. The third kappa shape index (κ3) is 3.37. The molecule has 9 nitrogen and oxygen atoms in total. The first kappa shape index (κ1) is 15.4. The molecule has 1 saturated heterocycles. The van der Waals surface area contributed by atoms with Gasteiger partial charge in [0.15, 0.2) is 6.29 Å². The number of aromatic nitrogens is 2. The van der Waals surface area contributed by atoms with Crippen LogP contribution < -0.4 is 11.2 Å². The summed E-state index contributed by atoms with van der Waals surface area (Å²) >= 11 is 0. The van der Waals surface area contributed by atoms with Crippen molar-refractivity contribution in [3.05, 3.63) is 37.1 Å². The van der Waals surface area contributed by atoms with Crippen LogP contribution in [0.25, 0.3) is 0 Å². The van der Waals surface area contributed by atoms with E-state index in [2.05, 4.69) is 0 Å². The Bertz CT molecular complexity index is 629. The average Bonchev–Trinajstić information content (AvgIpc) is 2.48. The molecule has 0 N–H and O–H groups in total. The minimum absolute atomic E-state index is 0.0179. The Hall–Kier alpha value is -2.00. The van der Waals surface area contributed by atoms with Gasteiger partial charge >= 0.3 is 16.9 Å². The Morgan fingerprint density at radius 3 is 2.62 bits per heavy atom. The minimum atomic E-state index is -0.898. The number of ether oxygens (including phenoxy) is 2. The van der Waals surface area contributed by atoms with Crippen LogP contribution in [0.2, 0.25) is 0 Å². The number of hydrogen-bond donors (Lipinski definition) is 0. The van der Waals surface area contributed by atoms with Gasteiger partial charge in [-0.2, -0.15) is 0 Å². The van der Waals surface area contributed by atoms with Gasteiger partial charge < -0.3 is 9.47 Å². The van der Waals surface area contributed by atoms with Crippen molar-refractivity contribution < 1.29 is 14.4 Å². The third-order valence-corrected chi connectivity index (χ3v) is 3.24. The van der Waals surface area contributed by atoms with Crippen LogP contribution in [-0.2, 0) is 22.6 Å². The van der Waals surface area contributed by atoms with Crippen LogP contribution in [0, 0.1) is 10.1 Å². The van der Waals surface area contributed by atoms with Crippen molar-refractivity contribution >= 4 is 5.69 Å². The van der Waals surface area contributed by atoms with Gasteiger partial charge in [0.2, 0.25) is 0 Å². The lowest BCUT2D eigenvalue weighted by molar-refractivity contribution is -0.387. The molecule has 1 aromatic rings. The van der Waals surface area contributed by atoms with Crippen LogP contribution >= 0.6 is 0 Å². The molecule has 0 aromatic carbocycles. The van der Waals surface area contributed by atoms with Crippen molar-refractivity contribution in [2.45, 2.75) is 39.1 Å². The highest BCUT2D eigenvalue weighted by atomic mass is 16.7. The maximum absolute atomic E-state index is 12.1. The quantitative estimate of drug-likeness (QED) is 0.563. The fourth-order valence-corrected chi connectivity index (χ4v) is 2.12. The van der Waals surface area contributed by atoms with Gasteiger partial charge in [-0.05, 0) is 13.3 Å². The topological polar surface area (TPSA) is 106 Å². The smallest absolute Gasteiger partial charge is 0.350 e. The molecule has 0 amide bonds. The van der Waals surface area contributed by atoms with E-state index in [1.165, 1.54) is 0 Å². The standard InChI is InChI=1S/C12H17N3O6/c1-2-13-8-9(15(18)19)11(16)14(12(13)17)5-4-10-20-6-3-7-21-10/h8,10H,2-7H2,1H3. The van der Waals surface area contributed by atoms with Gasteiger partial charge in [-0.1, -0.05) is 0 Å². The van der Waals surface area contributed by atoms with Crippen molar-refractivity contribution in [2.75, 3.05) is 13.2 Å². The zero-order valence-corrected chi connectivity index (χ0v) is 11.7. The second-order valence-electron chi connectivity index (χ2n) is 4.61. The molecule has 0 aliphatic carbocycles. The van der Waals surface area contributed by atoms with Crippen LogP contribution in [0.5, 0.6) is 0 Å². The summed E-state index contributed by atoms with van der Waals surface area (Å²) in [5.74, 6) is 0. The minimum Gasteiger partial charge on any atom is -0.353 e. The zero-order valence-electron chi connectivity index (χ0n) is 11.7. The van der Waals surface area contributed by atoms with E-state index in [1.54, 1.807) is 6.92 Å². The number of nitrogens with zero attached hydrogens (tertiary/aromatic N) is 3. The molecule has 0 atom stereocenters. The summed E-state index contributed by atoms with van der Waals surface area (Å²) in [6, 6.07) is 0. The lowest BCUT2D eigenvalue weighted by atomic mass is 10.3. The third-order valence-electron chi connectivity index (χ3n) is 3.24. The second kappa shape index (κ2) is 6.64. The van der Waals surface area contributed by atoms with E-state index in [9.17, 15) is 19.7 Å². The van der Waals surface area contributed by atoms with E-state index in [0.717, 1.165) is 21.8 Å². The van der Waals surface area contributed by atoms with Crippen LogP contribution in [0.15, 0.2) is 15.8 Å². The molecule has 0 radical (unpaired) electrons. The molecule has 1 aliphatic rings. The molecule has 1 aromatic heterocycles. The molecule has 9 heteroatoms. The number of hydrogen-bond acceptors (Lipinski definition) is 6. The van der Waals surface area contributed by atoms with Gasteiger partial charge in [-0.3, -0.25) is 24.0 Å². The van der Waals surface area contributed by atoms with Crippen molar-refractivity contribution in [3.63, 3.8) is 0 Å². The van der Waals surface area contributed by atoms with Crippen LogP contribution in [0.3, 0.4) is 0 Å². The largest absolute Gasteiger partial charge is 0.353 e. The lowest BCUT2D eigenvalue weighted by Crippen LogP contribution is -2.41. The van der Waals surface area contributed by atoms with E-state index in [-0.39, 0.29) is 13.1 Å². The van der Waals surface area contributed by atoms with Gasteiger partial charge in [0.05, 0.1) is 24.3 Å². The maximum atomic E-state index is 12.1. The Kier molecular flexibility index (Phi) is 4.86. The number of aryl methyl sites for hydroxylation is 1. The van der Waals surface area contributed by atoms with Crippen molar-refractivity contribution in [3.8, 4) is 0 Å². The molecule has 2 heterocycles. The summed E-state index contributed by atoms with van der Waals surface area (Å²) in [6.45, 7) is 3.06. The molecule has 0 unspecified atom stereocenters. The van der Waals surface area contributed by atoms with E-state index in [1.807, 2.05) is 0 Å². The molecule has 1 fully saturated rings. The maximum Gasteiger partial charge on any atom is 0.350 e. The van der Waals surface area contributed by atoms with Crippen LogP contribution in [0.1, 0.15) is 19.8 Å². The molecule has 2 rings (SSSR count). The SMILES string of the molecule is CCn1cc([N+](=O)[O-])c(=O)n(CCC2OCCCO2)c1=O. The zero-order chi connectivity index (χ0) is 15.4. The van der Waals surface area contributed by atoms with Gasteiger partial charge in [-0.15, -0.1) is 0 Å². The Labute approximate surface area is 119 Å². The van der Waals surface area contributed by atoms with E-state index < -0.39 is 28.1 Å². The van der Waals surface area contributed by atoms with Crippen molar-refractivity contribution in [2.24, 2.45) is 0 Å². The molecule has 1 aliphatic heterocycles. The Morgan fingerprint density at radius 1 is 1.38 bits per heavy atom. The fraction of sp³-hybridized carbons (Fsp3) is 0.667. The van der Waals surface area contributed by atoms with Gasteiger partial charge in [0.1, 0.15) is 0 Å². The van der Waals surface area contributed by atoms with Crippen molar-refractivity contribution in [1.82, 2.24) is 9.13 Å². The lowest BCUT2D eigenvalue weighted by Gasteiger charge is -2.23. The molecule has 0 bridgehead atoms. The molecular weight excluding hydrogens is 282 g/mol. The Balaban J connectivity index is 2.28. The first-order chi connectivity index (χ1) is 10.0. The highest BCUT2D eigenvalue weighted by molar-refractivity contribution is 5.21. The summed E-state index contributed by atoms with van der Waals surface area (Å²) in [5, 5.41) is 10.9. The summed E-state index contributed by atoms with van der Waals surface area (Å²) in [7, 11) is 0. The molecule has 0 saturated carbocycles. The highest BCUT2D eigenvalue weighted by Gasteiger charge is 2.21. The summed E-state index contributed by atoms with van der Waals surface area (Å²) in [6.07, 6.45) is 1.59. The molecule has 116 valence electrons. The van der Waals surface area contributed by atoms with E-state index >= 15 is 0 Å². The first-order valence-corrected chi connectivity index (χ1v) is 6.76. The van der Waals surface area contributed by atoms with Gasteiger partial charge in [0.25, 0.3) is 0 Å². The van der Waals surface area contributed by atoms with E-state index in [4.69, 9.17) is 9.47 Å².